The van der Waals surface area contributed by atoms with E-state index in [4.69, 9.17) is 4.74 Å². The first-order chi connectivity index (χ1) is 12.8. The topological polar surface area (TPSA) is 102 Å². The third-order valence-corrected chi connectivity index (χ3v) is 4.61. The Balaban J connectivity index is 2.16. The van der Waals surface area contributed by atoms with E-state index in [0.29, 0.717) is 18.2 Å². The Morgan fingerprint density at radius 3 is 2.81 bits per heavy atom. The van der Waals surface area contributed by atoms with Crippen molar-refractivity contribution in [2.24, 2.45) is 5.92 Å². The second-order valence-electron chi connectivity index (χ2n) is 6.99. The zero-order valence-corrected chi connectivity index (χ0v) is 16.1. The number of hydrogen-bond donors (Lipinski definition) is 1. The molecule has 1 saturated heterocycles. The largest absolute Gasteiger partial charge is 0.449 e. The van der Waals surface area contributed by atoms with Gasteiger partial charge in [0.2, 0.25) is 0 Å². The molecule has 0 saturated carbocycles. The summed E-state index contributed by atoms with van der Waals surface area (Å²) >= 11 is 0. The van der Waals surface area contributed by atoms with Crippen LogP contribution in [-0.2, 0) is 9.53 Å². The lowest BCUT2D eigenvalue weighted by Gasteiger charge is -2.32. The third kappa shape index (κ3) is 5.42. The van der Waals surface area contributed by atoms with Gasteiger partial charge in [0.05, 0.1) is 10.5 Å². The van der Waals surface area contributed by atoms with E-state index >= 15 is 0 Å². The number of amides is 1. The van der Waals surface area contributed by atoms with E-state index in [1.165, 1.54) is 19.1 Å². The number of anilines is 1. The molecule has 1 aliphatic rings. The molecule has 0 aromatic heterocycles. The minimum absolute atomic E-state index is 0.0608. The molecule has 8 nitrogen and oxygen atoms in total. The predicted molar refractivity (Wildman–Crippen MR) is 102 cm³/mol. The third-order valence-electron chi connectivity index (χ3n) is 4.61. The molecule has 1 heterocycles. The van der Waals surface area contributed by atoms with E-state index < -0.39 is 22.9 Å². The molecule has 148 valence electrons. The van der Waals surface area contributed by atoms with Crippen molar-refractivity contribution in [3.63, 3.8) is 0 Å². The fraction of sp³-hybridized carbons (Fsp3) is 0.579. The van der Waals surface area contributed by atoms with Crippen molar-refractivity contribution in [3.8, 4) is 0 Å². The molecule has 8 heteroatoms. The molecule has 0 unspecified atom stereocenters. The lowest BCUT2D eigenvalue weighted by molar-refractivity contribution is -0.384. The van der Waals surface area contributed by atoms with Gasteiger partial charge >= 0.3 is 5.97 Å². The van der Waals surface area contributed by atoms with Crippen molar-refractivity contribution in [3.05, 3.63) is 33.9 Å². The number of nitrogens with one attached hydrogen (secondary N) is 1. The van der Waals surface area contributed by atoms with Crippen LogP contribution in [0.2, 0.25) is 0 Å². The summed E-state index contributed by atoms with van der Waals surface area (Å²) in [4.78, 5) is 37.2. The number of benzene rings is 1. The van der Waals surface area contributed by atoms with Gasteiger partial charge in [-0.05, 0) is 44.2 Å². The summed E-state index contributed by atoms with van der Waals surface area (Å²) < 4.78 is 5.15. The number of piperidine rings is 1. The maximum absolute atomic E-state index is 12.3. The van der Waals surface area contributed by atoms with Crippen LogP contribution >= 0.6 is 0 Å². The lowest BCUT2D eigenvalue weighted by atomic mass is 9.99. The number of nitrogens with zero attached hydrogens (tertiary/aromatic N) is 2. The van der Waals surface area contributed by atoms with Gasteiger partial charge in [-0.25, -0.2) is 4.79 Å². The molecule has 1 fully saturated rings. The molecule has 1 aromatic carbocycles. The molecular weight excluding hydrogens is 350 g/mol. The predicted octanol–water partition coefficient (Wildman–Crippen LogP) is 2.90. The first kappa shape index (κ1) is 20.7. The first-order valence-corrected chi connectivity index (χ1v) is 9.35. The van der Waals surface area contributed by atoms with Gasteiger partial charge in [0, 0.05) is 25.7 Å². The van der Waals surface area contributed by atoms with E-state index in [2.05, 4.69) is 12.2 Å². The SMILES string of the molecule is CCCNC(=O)[C@H](C)OC(=O)c1ccc(N2CCC[C@H](C)C2)c([N+](=O)[O-])c1. The smallest absolute Gasteiger partial charge is 0.339 e. The molecule has 1 N–H and O–H groups in total. The minimum atomic E-state index is -0.967. The molecule has 0 spiro atoms. The van der Waals surface area contributed by atoms with E-state index in [-0.39, 0.29) is 11.3 Å². The summed E-state index contributed by atoms with van der Waals surface area (Å²) in [5.74, 6) is -0.681. The van der Waals surface area contributed by atoms with Crippen molar-refractivity contribution < 1.29 is 19.2 Å². The highest BCUT2D eigenvalue weighted by atomic mass is 16.6. The average Bonchev–Trinajstić information content (AvgIpc) is 2.65. The van der Waals surface area contributed by atoms with Crippen LogP contribution in [0.1, 0.15) is 50.4 Å². The zero-order valence-electron chi connectivity index (χ0n) is 16.1. The Morgan fingerprint density at radius 1 is 1.44 bits per heavy atom. The lowest BCUT2D eigenvalue weighted by Crippen LogP contribution is -2.36. The number of nitro benzene ring substituents is 1. The van der Waals surface area contributed by atoms with Crippen molar-refractivity contribution in [2.75, 3.05) is 24.5 Å². The fourth-order valence-corrected chi connectivity index (χ4v) is 3.15. The van der Waals surface area contributed by atoms with Crippen LogP contribution in [0.15, 0.2) is 18.2 Å². The van der Waals surface area contributed by atoms with Gasteiger partial charge in [-0.2, -0.15) is 0 Å². The number of carbonyl (C=O) groups excluding carboxylic acids is 2. The van der Waals surface area contributed by atoms with Crippen molar-refractivity contribution in [1.82, 2.24) is 5.32 Å². The first-order valence-electron chi connectivity index (χ1n) is 9.35. The number of rotatable bonds is 7. The van der Waals surface area contributed by atoms with Crippen LogP contribution in [0, 0.1) is 16.0 Å². The second-order valence-corrected chi connectivity index (χ2v) is 6.99. The van der Waals surface area contributed by atoms with Gasteiger partial charge < -0.3 is 15.0 Å². The van der Waals surface area contributed by atoms with Crippen molar-refractivity contribution in [1.29, 1.82) is 0 Å². The molecule has 2 rings (SSSR count). The Hall–Kier alpha value is -2.64. The summed E-state index contributed by atoms with van der Waals surface area (Å²) in [5.41, 5.74) is 0.448. The number of esters is 1. The monoisotopic (exact) mass is 377 g/mol. The summed E-state index contributed by atoms with van der Waals surface area (Å²) in [6.07, 6.45) is 1.89. The van der Waals surface area contributed by atoms with Gasteiger partial charge in [0.15, 0.2) is 6.10 Å². The minimum Gasteiger partial charge on any atom is -0.449 e. The Bertz CT molecular complexity index is 707. The summed E-state index contributed by atoms with van der Waals surface area (Å²) in [6.45, 7) is 7.51. The van der Waals surface area contributed by atoms with Gasteiger partial charge in [0.25, 0.3) is 11.6 Å². The summed E-state index contributed by atoms with van der Waals surface area (Å²) in [7, 11) is 0. The second kappa shape index (κ2) is 9.34. The van der Waals surface area contributed by atoms with Crippen LogP contribution in [0.3, 0.4) is 0 Å². The number of hydrogen-bond acceptors (Lipinski definition) is 6. The maximum atomic E-state index is 12.3. The average molecular weight is 377 g/mol. The summed E-state index contributed by atoms with van der Waals surface area (Å²) in [6, 6.07) is 4.34. The standard InChI is InChI=1S/C19H27N3O5/c1-4-9-20-18(23)14(3)27-19(24)15-7-8-16(17(11-15)22(25)26)21-10-5-6-13(2)12-21/h7-8,11,13-14H,4-6,9-10,12H2,1-3H3,(H,20,23)/t13-,14-/m0/s1. The van der Waals surface area contributed by atoms with Crippen molar-refractivity contribution in [2.45, 2.75) is 46.1 Å². The van der Waals surface area contributed by atoms with Crippen LogP contribution in [0.25, 0.3) is 0 Å². The number of carbonyl (C=O) groups is 2. The van der Waals surface area contributed by atoms with E-state index in [1.54, 1.807) is 6.07 Å². The highest BCUT2D eigenvalue weighted by Crippen LogP contribution is 2.32. The van der Waals surface area contributed by atoms with E-state index in [0.717, 1.165) is 32.4 Å². The number of nitro groups is 1. The quantitative estimate of drug-likeness (QED) is 0.445. The van der Waals surface area contributed by atoms with Crippen LogP contribution < -0.4 is 10.2 Å². The van der Waals surface area contributed by atoms with Gasteiger partial charge in [-0.3, -0.25) is 14.9 Å². The van der Waals surface area contributed by atoms with Crippen LogP contribution in [-0.4, -0.2) is 42.5 Å². The molecule has 0 bridgehead atoms. The molecule has 27 heavy (non-hydrogen) atoms. The van der Waals surface area contributed by atoms with Gasteiger partial charge in [0.1, 0.15) is 5.69 Å². The molecule has 0 aliphatic carbocycles. The fourth-order valence-electron chi connectivity index (χ4n) is 3.15. The highest BCUT2D eigenvalue weighted by Gasteiger charge is 2.26. The molecular formula is C19H27N3O5. The van der Waals surface area contributed by atoms with Crippen molar-refractivity contribution >= 4 is 23.3 Å². The molecule has 0 radical (unpaired) electrons. The molecule has 1 aliphatic heterocycles. The van der Waals surface area contributed by atoms with Crippen LogP contribution in [0.5, 0.6) is 0 Å². The summed E-state index contributed by atoms with van der Waals surface area (Å²) in [5, 5.41) is 14.2. The molecule has 2 atom stereocenters. The molecule has 1 aromatic rings. The normalized spacial score (nSPS) is 17.9. The van der Waals surface area contributed by atoms with Crippen LogP contribution in [0.4, 0.5) is 11.4 Å². The highest BCUT2D eigenvalue weighted by molar-refractivity contribution is 5.93. The van der Waals surface area contributed by atoms with Gasteiger partial charge in [-0.1, -0.05) is 13.8 Å². The Morgan fingerprint density at radius 2 is 2.19 bits per heavy atom. The number of ether oxygens (including phenoxy) is 1. The Labute approximate surface area is 159 Å². The Kier molecular flexibility index (Phi) is 7.15. The maximum Gasteiger partial charge on any atom is 0.339 e. The molecule has 1 amide bonds. The van der Waals surface area contributed by atoms with E-state index in [9.17, 15) is 19.7 Å². The van der Waals surface area contributed by atoms with E-state index in [1.807, 2.05) is 11.8 Å². The zero-order chi connectivity index (χ0) is 20.0. The van der Waals surface area contributed by atoms with Gasteiger partial charge in [-0.15, -0.1) is 0 Å².